The molecule has 19 heavy (non-hydrogen) atoms. The normalized spacial score (nSPS) is 24.2. The van der Waals surface area contributed by atoms with E-state index in [9.17, 15) is 0 Å². The molecule has 2 aliphatic heterocycles. The first-order valence-electron chi connectivity index (χ1n) is 6.51. The van der Waals surface area contributed by atoms with E-state index in [0.29, 0.717) is 0 Å². The van der Waals surface area contributed by atoms with E-state index >= 15 is 0 Å². The van der Waals surface area contributed by atoms with Crippen molar-refractivity contribution in [1.29, 1.82) is 0 Å². The van der Waals surface area contributed by atoms with Crippen LogP contribution in [0.25, 0.3) is 0 Å². The summed E-state index contributed by atoms with van der Waals surface area (Å²) >= 11 is 15.1. The van der Waals surface area contributed by atoms with Gasteiger partial charge < -0.3 is 0 Å². The van der Waals surface area contributed by atoms with Gasteiger partial charge in [-0.05, 0) is 0 Å². The fourth-order valence-electron chi connectivity index (χ4n) is 2.11. The van der Waals surface area contributed by atoms with Crippen molar-refractivity contribution in [3.63, 3.8) is 0 Å². The third-order valence-corrected chi connectivity index (χ3v) is 8.29. The van der Waals surface area contributed by atoms with Crippen LogP contribution in [-0.4, -0.2) is 52.2 Å². The molecule has 1 aromatic heterocycles. The van der Waals surface area contributed by atoms with Crippen molar-refractivity contribution in [2.45, 2.75) is 36.2 Å². The molecule has 2 saturated heterocycles. The van der Waals surface area contributed by atoms with Crippen LogP contribution in [0.5, 0.6) is 0 Å². The van der Waals surface area contributed by atoms with Gasteiger partial charge in [-0.15, -0.1) is 0 Å². The molecule has 0 amide bonds. The van der Waals surface area contributed by atoms with Crippen LogP contribution >= 0.6 is 48.0 Å². The second-order valence-corrected chi connectivity index (χ2v) is 11.1. The van der Waals surface area contributed by atoms with Gasteiger partial charge in [0.25, 0.3) is 0 Å². The number of thioether (sulfide) groups is 2. The van der Waals surface area contributed by atoms with Crippen molar-refractivity contribution in [1.82, 2.24) is 0 Å². The van der Waals surface area contributed by atoms with Gasteiger partial charge >= 0.3 is 145 Å². The SMILES string of the molecule is S=C(Cc1c[te]cc1CC(=S)CC1CS1)CC1CS1. The third kappa shape index (κ3) is 5.13. The first kappa shape index (κ1) is 15.1. The fraction of sp³-hybridized carbons (Fsp3) is 0.571. The molecule has 0 aromatic carbocycles. The molecule has 2 aliphatic rings. The molecule has 2 atom stereocenters. The topological polar surface area (TPSA) is 0 Å². The first-order valence-corrected chi connectivity index (χ1v) is 12.1. The van der Waals surface area contributed by atoms with Crippen molar-refractivity contribution in [2.24, 2.45) is 0 Å². The summed E-state index contributed by atoms with van der Waals surface area (Å²) in [7, 11) is 0. The zero-order chi connectivity index (χ0) is 13.2. The third-order valence-electron chi connectivity index (χ3n) is 3.32. The number of rotatable bonds is 8. The second kappa shape index (κ2) is 6.94. The van der Waals surface area contributed by atoms with Crippen LogP contribution in [0, 0.1) is 0 Å². The standard InChI is InChI=1S/C14H16S4Te/c15-11(3-13-5-17-13)1-9-7-19-8-10(9)2-12(16)4-14-6-18-14/h7-8,13-14H,1-6H2. The summed E-state index contributed by atoms with van der Waals surface area (Å²) < 4.78 is 4.95. The quantitative estimate of drug-likeness (QED) is 0.344. The van der Waals surface area contributed by atoms with Gasteiger partial charge in [-0.2, -0.15) is 0 Å². The van der Waals surface area contributed by atoms with E-state index in [0.717, 1.165) is 36.2 Å². The minimum absolute atomic E-state index is 0.0380. The Labute approximate surface area is 144 Å². The predicted molar refractivity (Wildman–Crippen MR) is 97.7 cm³/mol. The number of hydrogen-bond acceptors (Lipinski definition) is 4. The molecule has 0 radical (unpaired) electrons. The van der Waals surface area contributed by atoms with Gasteiger partial charge in [-0.3, -0.25) is 0 Å². The van der Waals surface area contributed by atoms with Crippen molar-refractivity contribution >= 4 is 78.1 Å². The Morgan fingerprint density at radius 3 is 1.79 bits per heavy atom. The maximum atomic E-state index is 5.55. The monoisotopic (exact) mass is 442 g/mol. The molecule has 1 aromatic rings. The average molecular weight is 440 g/mol. The van der Waals surface area contributed by atoms with Crippen LogP contribution < -0.4 is 0 Å². The molecule has 2 unspecified atom stereocenters. The molecule has 0 aliphatic carbocycles. The average Bonchev–Trinajstić information content (AvgIpc) is 3.25. The molecule has 0 N–H and O–H groups in total. The Morgan fingerprint density at radius 1 is 1.00 bits per heavy atom. The summed E-state index contributed by atoms with van der Waals surface area (Å²) in [5, 5.41) is 1.68. The van der Waals surface area contributed by atoms with Crippen molar-refractivity contribution in [3.8, 4) is 0 Å². The number of hydrogen-bond donors (Lipinski definition) is 0. The zero-order valence-electron chi connectivity index (χ0n) is 10.6. The zero-order valence-corrected chi connectivity index (χ0v) is 16.2. The Hall–Kier alpha value is 1.15. The summed E-state index contributed by atoms with van der Waals surface area (Å²) in [6.07, 6.45) is 4.36. The van der Waals surface area contributed by atoms with Crippen LogP contribution in [0.4, 0.5) is 0 Å². The van der Waals surface area contributed by atoms with E-state index in [4.69, 9.17) is 24.4 Å². The van der Waals surface area contributed by atoms with Gasteiger partial charge in [0.05, 0.1) is 0 Å². The molecule has 0 bridgehead atoms. The van der Waals surface area contributed by atoms with Crippen LogP contribution in [-0.2, 0) is 12.8 Å². The van der Waals surface area contributed by atoms with E-state index in [-0.39, 0.29) is 20.4 Å². The van der Waals surface area contributed by atoms with E-state index in [2.05, 4.69) is 8.16 Å². The van der Waals surface area contributed by atoms with E-state index < -0.39 is 0 Å². The molecular formula is C14H16S4Te. The molecule has 0 nitrogen and oxygen atoms in total. The summed E-state index contributed by atoms with van der Waals surface area (Å²) in [5.41, 5.74) is 3.03. The Balaban J connectivity index is 1.54. The Morgan fingerprint density at radius 2 is 1.42 bits per heavy atom. The summed E-state index contributed by atoms with van der Waals surface area (Å²) in [6, 6.07) is 0. The first-order chi connectivity index (χ1) is 9.20. The Kier molecular flexibility index (Phi) is 5.50. The summed E-state index contributed by atoms with van der Waals surface area (Å²) in [5.74, 6) is 2.64. The van der Waals surface area contributed by atoms with Crippen LogP contribution in [0.15, 0.2) is 8.16 Å². The van der Waals surface area contributed by atoms with Crippen LogP contribution in [0.1, 0.15) is 24.0 Å². The van der Waals surface area contributed by atoms with E-state index in [1.54, 1.807) is 0 Å². The molecular weight excluding hydrogens is 424 g/mol. The van der Waals surface area contributed by atoms with Crippen molar-refractivity contribution < 1.29 is 0 Å². The van der Waals surface area contributed by atoms with Gasteiger partial charge in [-0.1, -0.05) is 0 Å². The van der Waals surface area contributed by atoms with Gasteiger partial charge in [-0.25, -0.2) is 0 Å². The van der Waals surface area contributed by atoms with E-state index in [1.807, 2.05) is 23.5 Å². The maximum absolute atomic E-state index is 5.55. The molecule has 0 spiro atoms. The van der Waals surface area contributed by atoms with Gasteiger partial charge in [0, 0.05) is 0 Å². The van der Waals surface area contributed by atoms with Gasteiger partial charge in [0.1, 0.15) is 0 Å². The molecule has 102 valence electrons. The Bertz CT molecular complexity index is 443. The molecule has 2 fully saturated rings. The van der Waals surface area contributed by atoms with Crippen molar-refractivity contribution in [2.75, 3.05) is 11.5 Å². The fourth-order valence-corrected chi connectivity index (χ4v) is 6.65. The van der Waals surface area contributed by atoms with Gasteiger partial charge in [0.2, 0.25) is 0 Å². The molecule has 5 heteroatoms. The van der Waals surface area contributed by atoms with Crippen LogP contribution in [0.2, 0.25) is 0 Å². The van der Waals surface area contributed by atoms with Crippen LogP contribution in [0.3, 0.4) is 0 Å². The number of thiocarbonyl (C=S) groups is 2. The second-order valence-electron chi connectivity index (χ2n) is 5.17. The summed E-state index contributed by atoms with van der Waals surface area (Å²) in [6.45, 7) is 0. The van der Waals surface area contributed by atoms with E-state index in [1.165, 1.54) is 32.4 Å². The molecule has 0 saturated carbocycles. The predicted octanol–water partition coefficient (Wildman–Crippen LogP) is 3.58. The van der Waals surface area contributed by atoms with Crippen molar-refractivity contribution in [3.05, 3.63) is 19.3 Å². The molecule has 3 heterocycles. The minimum atomic E-state index is -0.0380. The molecule has 3 rings (SSSR count). The summed E-state index contributed by atoms with van der Waals surface area (Å²) in [4.78, 5) is 2.51. The van der Waals surface area contributed by atoms with Gasteiger partial charge in [0.15, 0.2) is 0 Å².